The van der Waals surface area contributed by atoms with Crippen LogP contribution in [0.1, 0.15) is 5.56 Å². The van der Waals surface area contributed by atoms with E-state index in [-0.39, 0.29) is 0 Å². The predicted octanol–water partition coefficient (Wildman–Crippen LogP) is 2.43. The van der Waals surface area contributed by atoms with E-state index in [0.717, 1.165) is 6.41 Å². The summed E-state index contributed by atoms with van der Waals surface area (Å²) in [7, 11) is 1.79. The molecule has 0 aliphatic heterocycles. The predicted molar refractivity (Wildman–Crippen MR) is 61.5 cm³/mol. The number of rotatable bonds is 3. The van der Waals surface area contributed by atoms with Crippen molar-refractivity contribution in [3.05, 3.63) is 48.0 Å². The molecule has 0 aromatic heterocycles. The molecule has 2 aromatic rings. The first kappa shape index (κ1) is 9.71. The smallest absolute Gasteiger partial charge is 0.209 e. The minimum Gasteiger partial charge on any atom is -0.344 e. The van der Waals surface area contributed by atoms with Gasteiger partial charge in [-0.15, -0.1) is 0 Å². The number of benzene rings is 2. The second kappa shape index (κ2) is 4.13. The van der Waals surface area contributed by atoms with Crippen molar-refractivity contribution in [2.24, 2.45) is 0 Å². The van der Waals surface area contributed by atoms with Crippen LogP contribution in [0, 0.1) is 0 Å². The Morgan fingerprint density at radius 3 is 2.67 bits per heavy atom. The summed E-state index contributed by atoms with van der Waals surface area (Å²) in [5.41, 5.74) is 1.18. The van der Waals surface area contributed by atoms with E-state index in [9.17, 15) is 4.79 Å². The molecule has 0 unspecified atom stereocenters. The SMILES string of the molecule is CN(C=O)Cc1cccc2ccccc12. The number of hydrogen-bond donors (Lipinski definition) is 0. The summed E-state index contributed by atoms with van der Waals surface area (Å²) >= 11 is 0. The molecule has 0 saturated carbocycles. The summed E-state index contributed by atoms with van der Waals surface area (Å²) < 4.78 is 0. The van der Waals surface area contributed by atoms with Gasteiger partial charge in [0.2, 0.25) is 6.41 Å². The zero-order chi connectivity index (χ0) is 10.7. The fraction of sp³-hybridized carbons (Fsp3) is 0.154. The fourth-order valence-corrected chi connectivity index (χ4v) is 1.74. The van der Waals surface area contributed by atoms with Gasteiger partial charge in [0.25, 0.3) is 0 Å². The van der Waals surface area contributed by atoms with Gasteiger partial charge in [0.15, 0.2) is 0 Å². The van der Waals surface area contributed by atoms with Crippen LogP contribution in [0.25, 0.3) is 10.8 Å². The number of fused-ring (bicyclic) bond motifs is 1. The quantitative estimate of drug-likeness (QED) is 0.695. The molecule has 2 nitrogen and oxygen atoms in total. The summed E-state index contributed by atoms with van der Waals surface area (Å²) in [5, 5.41) is 2.43. The number of nitrogens with zero attached hydrogens (tertiary/aromatic N) is 1. The molecule has 0 aliphatic carbocycles. The molecule has 15 heavy (non-hydrogen) atoms. The van der Waals surface area contributed by atoms with Crippen molar-refractivity contribution >= 4 is 17.2 Å². The van der Waals surface area contributed by atoms with Crippen LogP contribution < -0.4 is 0 Å². The lowest BCUT2D eigenvalue weighted by Gasteiger charge is -2.12. The van der Waals surface area contributed by atoms with E-state index in [1.165, 1.54) is 16.3 Å². The molecule has 0 fully saturated rings. The summed E-state index contributed by atoms with van der Waals surface area (Å²) in [6, 6.07) is 14.4. The molecule has 0 saturated heterocycles. The highest BCUT2D eigenvalue weighted by Crippen LogP contribution is 2.19. The zero-order valence-corrected chi connectivity index (χ0v) is 8.68. The number of hydrogen-bond acceptors (Lipinski definition) is 1. The maximum atomic E-state index is 10.6. The lowest BCUT2D eigenvalue weighted by atomic mass is 10.0. The first-order valence-electron chi connectivity index (χ1n) is 4.93. The molecule has 76 valence electrons. The Labute approximate surface area is 89.1 Å². The van der Waals surface area contributed by atoms with Gasteiger partial charge in [-0.05, 0) is 16.3 Å². The maximum absolute atomic E-state index is 10.6. The number of carbonyl (C=O) groups is 1. The summed E-state index contributed by atoms with van der Waals surface area (Å²) in [5.74, 6) is 0. The standard InChI is InChI=1S/C13H13NO/c1-14(10-15)9-12-7-4-6-11-5-2-3-8-13(11)12/h2-8,10H,9H2,1H3. The highest BCUT2D eigenvalue weighted by atomic mass is 16.1. The lowest BCUT2D eigenvalue weighted by Crippen LogP contribution is -2.14. The van der Waals surface area contributed by atoms with Crippen molar-refractivity contribution < 1.29 is 4.79 Å². The van der Waals surface area contributed by atoms with Gasteiger partial charge in [0.1, 0.15) is 0 Å². The van der Waals surface area contributed by atoms with Crippen molar-refractivity contribution in [2.75, 3.05) is 7.05 Å². The second-order valence-corrected chi connectivity index (χ2v) is 3.66. The van der Waals surface area contributed by atoms with E-state index in [2.05, 4.69) is 24.3 Å². The summed E-state index contributed by atoms with van der Waals surface area (Å²) in [6.07, 6.45) is 0.849. The van der Waals surface area contributed by atoms with Crippen molar-refractivity contribution in [1.82, 2.24) is 4.90 Å². The molecular formula is C13H13NO. The van der Waals surface area contributed by atoms with Crippen LogP contribution in [0.2, 0.25) is 0 Å². The Kier molecular flexibility index (Phi) is 2.68. The van der Waals surface area contributed by atoms with Gasteiger partial charge in [0, 0.05) is 13.6 Å². The van der Waals surface area contributed by atoms with E-state index < -0.39 is 0 Å². The second-order valence-electron chi connectivity index (χ2n) is 3.66. The topological polar surface area (TPSA) is 20.3 Å². The van der Waals surface area contributed by atoms with E-state index in [0.29, 0.717) is 6.54 Å². The van der Waals surface area contributed by atoms with Crippen LogP contribution in [0.5, 0.6) is 0 Å². The largest absolute Gasteiger partial charge is 0.344 e. The molecular weight excluding hydrogens is 186 g/mol. The molecule has 2 heteroatoms. The molecule has 0 spiro atoms. The highest BCUT2D eigenvalue weighted by Gasteiger charge is 2.01. The molecule has 2 rings (SSSR count). The van der Waals surface area contributed by atoms with E-state index in [1.54, 1.807) is 11.9 Å². The van der Waals surface area contributed by atoms with Crippen LogP contribution in [-0.2, 0) is 11.3 Å². The Morgan fingerprint density at radius 2 is 1.87 bits per heavy atom. The van der Waals surface area contributed by atoms with Crippen molar-refractivity contribution in [3.63, 3.8) is 0 Å². The monoisotopic (exact) mass is 199 g/mol. The molecule has 0 N–H and O–H groups in total. The highest BCUT2D eigenvalue weighted by molar-refractivity contribution is 5.85. The summed E-state index contributed by atoms with van der Waals surface area (Å²) in [4.78, 5) is 12.2. The molecule has 2 aromatic carbocycles. The van der Waals surface area contributed by atoms with Crippen molar-refractivity contribution in [3.8, 4) is 0 Å². The van der Waals surface area contributed by atoms with Gasteiger partial charge in [-0.3, -0.25) is 4.79 Å². The minimum atomic E-state index is 0.658. The maximum Gasteiger partial charge on any atom is 0.209 e. The Hall–Kier alpha value is -1.83. The van der Waals surface area contributed by atoms with Crippen LogP contribution in [0.15, 0.2) is 42.5 Å². The van der Waals surface area contributed by atoms with Crippen molar-refractivity contribution in [2.45, 2.75) is 6.54 Å². The van der Waals surface area contributed by atoms with Gasteiger partial charge in [-0.25, -0.2) is 0 Å². The van der Waals surface area contributed by atoms with Crippen LogP contribution in [0.4, 0.5) is 0 Å². The molecule has 0 aliphatic rings. The van der Waals surface area contributed by atoms with Gasteiger partial charge in [-0.2, -0.15) is 0 Å². The molecule has 1 amide bonds. The molecule has 0 heterocycles. The lowest BCUT2D eigenvalue weighted by molar-refractivity contribution is -0.117. The zero-order valence-electron chi connectivity index (χ0n) is 8.68. The van der Waals surface area contributed by atoms with Gasteiger partial charge in [-0.1, -0.05) is 42.5 Å². The van der Waals surface area contributed by atoms with Crippen molar-refractivity contribution in [1.29, 1.82) is 0 Å². The third-order valence-electron chi connectivity index (χ3n) is 2.48. The Bertz CT molecular complexity index is 473. The van der Waals surface area contributed by atoms with Crippen LogP contribution in [-0.4, -0.2) is 18.4 Å². The average molecular weight is 199 g/mol. The van der Waals surface area contributed by atoms with Crippen LogP contribution >= 0.6 is 0 Å². The molecule has 0 atom stereocenters. The average Bonchev–Trinajstić information content (AvgIpc) is 2.29. The van der Waals surface area contributed by atoms with Crippen LogP contribution in [0.3, 0.4) is 0 Å². The Balaban J connectivity index is 2.46. The summed E-state index contributed by atoms with van der Waals surface area (Å²) in [6.45, 7) is 0.658. The van der Waals surface area contributed by atoms with Gasteiger partial charge in [0.05, 0.1) is 0 Å². The minimum absolute atomic E-state index is 0.658. The molecule has 0 bridgehead atoms. The first-order valence-corrected chi connectivity index (χ1v) is 4.93. The third kappa shape index (κ3) is 1.99. The van der Waals surface area contributed by atoms with E-state index in [4.69, 9.17) is 0 Å². The van der Waals surface area contributed by atoms with Gasteiger partial charge >= 0.3 is 0 Å². The molecule has 0 radical (unpaired) electrons. The van der Waals surface area contributed by atoms with E-state index in [1.807, 2.05) is 18.2 Å². The Morgan fingerprint density at radius 1 is 1.13 bits per heavy atom. The number of carbonyl (C=O) groups excluding carboxylic acids is 1. The normalized spacial score (nSPS) is 10.2. The third-order valence-corrected chi connectivity index (χ3v) is 2.48. The number of amides is 1. The van der Waals surface area contributed by atoms with E-state index >= 15 is 0 Å². The van der Waals surface area contributed by atoms with Gasteiger partial charge < -0.3 is 4.90 Å². The fourth-order valence-electron chi connectivity index (χ4n) is 1.74. The first-order chi connectivity index (χ1) is 7.31.